The zero-order chi connectivity index (χ0) is 14.4. The highest BCUT2D eigenvalue weighted by Gasteiger charge is 2.49. The van der Waals surface area contributed by atoms with Crippen molar-refractivity contribution in [3.63, 3.8) is 0 Å². The van der Waals surface area contributed by atoms with Gasteiger partial charge < -0.3 is 9.84 Å². The van der Waals surface area contributed by atoms with Crippen LogP contribution in [-0.2, 0) is 18.2 Å². The molecule has 108 valence electrons. The fourth-order valence-electron chi connectivity index (χ4n) is 3.30. The normalized spacial score (nSPS) is 26.6. The number of aliphatic hydroxyl groups is 1. The van der Waals surface area contributed by atoms with Crippen molar-refractivity contribution in [3.8, 4) is 0 Å². The van der Waals surface area contributed by atoms with Crippen LogP contribution in [0.2, 0.25) is 0 Å². The Hall–Kier alpha value is -0.870. The molecule has 0 spiro atoms. The lowest BCUT2D eigenvalue weighted by atomic mass is 9.82. The first-order valence-electron chi connectivity index (χ1n) is 7.07. The summed E-state index contributed by atoms with van der Waals surface area (Å²) in [5.74, 6) is 0.0857. The van der Waals surface area contributed by atoms with Gasteiger partial charge in [-0.25, -0.2) is 0 Å². The first-order chi connectivity index (χ1) is 8.66. The van der Waals surface area contributed by atoms with Crippen LogP contribution in [0.3, 0.4) is 0 Å². The molecule has 1 N–H and O–H groups in total. The molecule has 0 bridgehead atoms. The lowest BCUT2D eigenvalue weighted by Crippen LogP contribution is -2.33. The number of aromatic nitrogens is 2. The van der Waals surface area contributed by atoms with Crippen molar-refractivity contribution in [2.24, 2.45) is 13.0 Å². The lowest BCUT2D eigenvalue weighted by Gasteiger charge is -2.30. The Morgan fingerprint density at radius 2 is 2.11 bits per heavy atom. The summed E-state index contributed by atoms with van der Waals surface area (Å²) in [5.41, 5.74) is 1.41. The fraction of sp³-hybridized carbons (Fsp3) is 0.800. The highest BCUT2D eigenvalue weighted by Crippen LogP contribution is 2.47. The van der Waals surface area contributed by atoms with Crippen molar-refractivity contribution in [3.05, 3.63) is 17.5 Å². The van der Waals surface area contributed by atoms with Crippen molar-refractivity contribution in [2.45, 2.75) is 64.8 Å². The highest BCUT2D eigenvalue weighted by molar-refractivity contribution is 5.16. The number of rotatable bonds is 3. The number of hydrogen-bond acceptors (Lipinski definition) is 3. The molecule has 0 saturated carbocycles. The highest BCUT2D eigenvalue weighted by atomic mass is 16.5. The molecule has 4 nitrogen and oxygen atoms in total. The SMILES string of the molecule is CCc1cc(C(O)C2CC(C)(C)OC2(C)C)n(C)n1. The number of aliphatic hydroxyl groups excluding tert-OH is 1. The van der Waals surface area contributed by atoms with Gasteiger partial charge in [-0.15, -0.1) is 0 Å². The zero-order valence-electron chi connectivity index (χ0n) is 12.9. The van der Waals surface area contributed by atoms with Gasteiger partial charge in [0.15, 0.2) is 0 Å². The molecule has 2 heterocycles. The van der Waals surface area contributed by atoms with E-state index < -0.39 is 6.10 Å². The fourth-order valence-corrected chi connectivity index (χ4v) is 3.30. The van der Waals surface area contributed by atoms with Crippen LogP contribution < -0.4 is 0 Å². The first-order valence-corrected chi connectivity index (χ1v) is 7.07. The minimum absolute atomic E-state index is 0.0857. The second-order valence-electron chi connectivity index (χ2n) is 6.76. The summed E-state index contributed by atoms with van der Waals surface area (Å²) >= 11 is 0. The topological polar surface area (TPSA) is 47.3 Å². The number of nitrogens with zero attached hydrogens (tertiary/aromatic N) is 2. The third kappa shape index (κ3) is 2.70. The van der Waals surface area contributed by atoms with Crippen molar-refractivity contribution in [1.29, 1.82) is 0 Å². The molecule has 1 aromatic heterocycles. The van der Waals surface area contributed by atoms with Gasteiger partial charge in [0.2, 0.25) is 0 Å². The lowest BCUT2D eigenvalue weighted by molar-refractivity contribution is -0.0887. The number of aryl methyl sites for hydroxylation is 2. The number of hydrogen-bond donors (Lipinski definition) is 1. The van der Waals surface area contributed by atoms with Gasteiger partial charge in [-0.2, -0.15) is 5.10 Å². The number of ether oxygens (including phenoxy) is 1. The monoisotopic (exact) mass is 266 g/mol. The summed E-state index contributed by atoms with van der Waals surface area (Å²) in [6, 6.07) is 2.01. The largest absolute Gasteiger partial charge is 0.386 e. The van der Waals surface area contributed by atoms with Crippen LogP contribution in [0.5, 0.6) is 0 Å². The Bertz CT molecular complexity index is 463. The molecule has 0 radical (unpaired) electrons. The van der Waals surface area contributed by atoms with Crippen molar-refractivity contribution in [1.82, 2.24) is 9.78 Å². The molecular weight excluding hydrogens is 240 g/mol. The molecule has 4 heteroatoms. The van der Waals surface area contributed by atoms with Gasteiger partial charge in [-0.1, -0.05) is 6.92 Å². The summed E-state index contributed by atoms with van der Waals surface area (Å²) in [6.07, 6.45) is 1.21. The van der Waals surface area contributed by atoms with Crippen LogP contribution in [0.15, 0.2) is 6.07 Å². The minimum Gasteiger partial charge on any atom is -0.386 e. The summed E-state index contributed by atoms with van der Waals surface area (Å²) in [5, 5.41) is 15.2. The molecule has 19 heavy (non-hydrogen) atoms. The van der Waals surface area contributed by atoms with Crippen LogP contribution >= 0.6 is 0 Å². The molecule has 1 aliphatic heterocycles. The maximum Gasteiger partial charge on any atom is 0.101 e. The smallest absolute Gasteiger partial charge is 0.101 e. The van der Waals surface area contributed by atoms with Gasteiger partial charge in [0.1, 0.15) is 6.10 Å². The Labute approximate surface area is 115 Å². The summed E-state index contributed by atoms with van der Waals surface area (Å²) in [6.45, 7) is 10.4. The second kappa shape index (κ2) is 4.60. The van der Waals surface area contributed by atoms with Gasteiger partial charge >= 0.3 is 0 Å². The molecule has 1 saturated heterocycles. The molecule has 2 rings (SSSR count). The predicted molar refractivity (Wildman–Crippen MR) is 74.9 cm³/mol. The molecule has 1 aromatic rings. The van der Waals surface area contributed by atoms with E-state index >= 15 is 0 Å². The maximum atomic E-state index is 10.7. The van der Waals surface area contributed by atoms with E-state index in [2.05, 4.69) is 39.7 Å². The molecule has 2 unspecified atom stereocenters. The van der Waals surface area contributed by atoms with Gasteiger partial charge in [0.25, 0.3) is 0 Å². The molecule has 1 fully saturated rings. The Kier molecular flexibility index (Phi) is 3.52. The first kappa shape index (κ1) is 14.5. The molecule has 0 aromatic carbocycles. The molecule has 0 amide bonds. The Balaban J connectivity index is 2.28. The van der Waals surface area contributed by atoms with Crippen LogP contribution in [-0.4, -0.2) is 26.1 Å². The molecule has 0 aliphatic carbocycles. The average molecular weight is 266 g/mol. The van der Waals surface area contributed by atoms with E-state index in [1.807, 2.05) is 13.1 Å². The Morgan fingerprint density at radius 1 is 1.47 bits per heavy atom. The van der Waals surface area contributed by atoms with Crippen LogP contribution in [0.4, 0.5) is 0 Å². The van der Waals surface area contributed by atoms with E-state index in [0.29, 0.717) is 0 Å². The van der Waals surface area contributed by atoms with Crippen LogP contribution in [0, 0.1) is 5.92 Å². The van der Waals surface area contributed by atoms with Crippen molar-refractivity contribution in [2.75, 3.05) is 0 Å². The van der Waals surface area contributed by atoms with Gasteiger partial charge in [0, 0.05) is 13.0 Å². The van der Waals surface area contributed by atoms with E-state index in [-0.39, 0.29) is 17.1 Å². The van der Waals surface area contributed by atoms with E-state index in [1.165, 1.54) is 0 Å². The van der Waals surface area contributed by atoms with E-state index in [1.54, 1.807) is 4.68 Å². The van der Waals surface area contributed by atoms with Crippen LogP contribution in [0.25, 0.3) is 0 Å². The minimum atomic E-state index is -0.533. The summed E-state index contributed by atoms with van der Waals surface area (Å²) in [7, 11) is 1.89. The van der Waals surface area contributed by atoms with E-state index in [9.17, 15) is 5.11 Å². The second-order valence-corrected chi connectivity index (χ2v) is 6.76. The van der Waals surface area contributed by atoms with E-state index in [0.717, 1.165) is 24.2 Å². The summed E-state index contributed by atoms with van der Waals surface area (Å²) in [4.78, 5) is 0. The molecule has 1 aliphatic rings. The quantitative estimate of drug-likeness (QED) is 0.915. The van der Waals surface area contributed by atoms with E-state index in [4.69, 9.17) is 4.74 Å². The van der Waals surface area contributed by atoms with Gasteiger partial charge in [-0.3, -0.25) is 4.68 Å². The third-order valence-corrected chi connectivity index (χ3v) is 4.16. The Morgan fingerprint density at radius 3 is 2.53 bits per heavy atom. The molecular formula is C15H26N2O2. The zero-order valence-corrected chi connectivity index (χ0v) is 12.9. The van der Waals surface area contributed by atoms with Gasteiger partial charge in [0.05, 0.1) is 22.6 Å². The van der Waals surface area contributed by atoms with Crippen molar-refractivity contribution >= 4 is 0 Å². The van der Waals surface area contributed by atoms with Crippen molar-refractivity contribution < 1.29 is 9.84 Å². The predicted octanol–water partition coefficient (Wildman–Crippen LogP) is 2.61. The maximum absolute atomic E-state index is 10.7. The van der Waals surface area contributed by atoms with Gasteiger partial charge in [-0.05, 0) is 46.6 Å². The molecule has 2 atom stereocenters. The standard InChI is InChI=1S/C15H26N2O2/c1-7-10-8-12(17(6)16-10)13(18)11-9-14(2,3)19-15(11,4)5/h8,11,13,18H,7,9H2,1-6H3. The summed E-state index contributed by atoms with van der Waals surface area (Å²) < 4.78 is 7.87. The average Bonchev–Trinajstić information content (AvgIpc) is 2.74. The van der Waals surface area contributed by atoms with Crippen LogP contribution in [0.1, 0.15) is 58.5 Å². The third-order valence-electron chi connectivity index (χ3n) is 4.16.